The van der Waals surface area contributed by atoms with Gasteiger partial charge in [0.05, 0.1) is 19.8 Å². The minimum absolute atomic E-state index is 0.0924. The minimum Gasteiger partial charge on any atom is -0.493 e. The number of halogens is 2. The number of hydrogen-bond donors (Lipinski definition) is 1. The fraction of sp³-hybridized carbons (Fsp3) is 0.250. The van der Waals surface area contributed by atoms with Crippen LogP contribution in [-0.2, 0) is 7.05 Å². The maximum atomic E-state index is 13.7. The first-order valence-corrected chi connectivity index (χ1v) is 5.39. The first kappa shape index (κ1) is 13.1. The first-order valence-electron chi connectivity index (χ1n) is 5.39. The maximum absolute atomic E-state index is 13.7. The quantitative estimate of drug-likeness (QED) is 0.925. The summed E-state index contributed by atoms with van der Waals surface area (Å²) in [6.07, 6.45) is 0. The summed E-state index contributed by atoms with van der Waals surface area (Å²) in [6.45, 7) is 0. The smallest absolute Gasteiger partial charge is 0.168 e. The molecule has 0 fully saturated rings. The van der Waals surface area contributed by atoms with Crippen molar-refractivity contribution < 1.29 is 18.3 Å². The van der Waals surface area contributed by atoms with E-state index in [1.165, 1.54) is 25.0 Å². The molecule has 0 unspecified atom stereocenters. The van der Waals surface area contributed by atoms with E-state index in [-0.39, 0.29) is 22.8 Å². The van der Waals surface area contributed by atoms with E-state index in [1.54, 1.807) is 7.05 Å². The van der Waals surface area contributed by atoms with Crippen molar-refractivity contribution >= 4 is 5.82 Å². The Morgan fingerprint density at radius 3 is 2.00 bits per heavy atom. The van der Waals surface area contributed by atoms with Crippen LogP contribution in [0.4, 0.5) is 14.6 Å². The zero-order valence-corrected chi connectivity index (χ0v) is 10.7. The second kappa shape index (κ2) is 4.75. The molecule has 1 aromatic heterocycles. The molecule has 1 aromatic carbocycles. The molecule has 0 bridgehead atoms. The topological polar surface area (TPSA) is 62.3 Å². The van der Waals surface area contributed by atoms with Crippen LogP contribution in [0, 0.1) is 11.6 Å². The number of aromatic nitrogens is 2. The van der Waals surface area contributed by atoms with E-state index in [9.17, 15) is 8.78 Å². The van der Waals surface area contributed by atoms with Crippen molar-refractivity contribution in [3.63, 3.8) is 0 Å². The van der Waals surface area contributed by atoms with Crippen LogP contribution < -0.4 is 15.2 Å². The summed E-state index contributed by atoms with van der Waals surface area (Å²) in [4.78, 5) is 0. The Morgan fingerprint density at radius 2 is 1.63 bits per heavy atom. The molecule has 2 rings (SSSR count). The normalized spacial score (nSPS) is 10.6. The Kier molecular flexibility index (Phi) is 3.28. The third-order valence-corrected chi connectivity index (χ3v) is 2.72. The lowest BCUT2D eigenvalue weighted by Crippen LogP contribution is -2.00. The standard InChI is InChI=1S/C12H13F2N3O2/c1-17-9(15)5-8(16-17)10-11(18-2)6(13)4-7(14)12(10)19-3/h4-5H,15H2,1-3H3. The Hall–Kier alpha value is -2.31. The van der Waals surface area contributed by atoms with Crippen molar-refractivity contribution in [2.75, 3.05) is 20.0 Å². The summed E-state index contributed by atoms with van der Waals surface area (Å²) in [7, 11) is 4.19. The zero-order valence-electron chi connectivity index (χ0n) is 10.7. The molecule has 2 N–H and O–H groups in total. The van der Waals surface area contributed by atoms with Crippen LogP contribution in [0.25, 0.3) is 11.3 Å². The number of methoxy groups -OCH3 is 2. The lowest BCUT2D eigenvalue weighted by molar-refractivity contribution is 0.361. The molecule has 19 heavy (non-hydrogen) atoms. The van der Waals surface area contributed by atoms with Gasteiger partial charge in [0.15, 0.2) is 23.1 Å². The molecule has 0 aliphatic heterocycles. The van der Waals surface area contributed by atoms with Gasteiger partial charge in [0.1, 0.15) is 11.5 Å². The maximum Gasteiger partial charge on any atom is 0.168 e. The molecule has 0 saturated heterocycles. The molecule has 0 aliphatic carbocycles. The van der Waals surface area contributed by atoms with Crippen LogP contribution in [0.5, 0.6) is 11.5 Å². The van der Waals surface area contributed by atoms with Gasteiger partial charge in [-0.1, -0.05) is 0 Å². The van der Waals surface area contributed by atoms with Crippen molar-refractivity contribution in [3.8, 4) is 22.8 Å². The molecule has 102 valence electrons. The van der Waals surface area contributed by atoms with Crippen molar-refractivity contribution in [1.82, 2.24) is 9.78 Å². The second-order valence-electron chi connectivity index (χ2n) is 3.86. The number of anilines is 1. The van der Waals surface area contributed by atoms with Gasteiger partial charge in [-0.15, -0.1) is 0 Å². The van der Waals surface area contributed by atoms with Gasteiger partial charge in [0, 0.05) is 19.2 Å². The number of nitrogens with zero attached hydrogens (tertiary/aromatic N) is 2. The monoisotopic (exact) mass is 269 g/mol. The fourth-order valence-corrected chi connectivity index (χ4v) is 1.82. The number of ether oxygens (including phenoxy) is 2. The molecule has 0 amide bonds. The highest BCUT2D eigenvalue weighted by Gasteiger charge is 2.23. The first-order chi connectivity index (χ1) is 8.99. The van der Waals surface area contributed by atoms with Gasteiger partial charge < -0.3 is 15.2 Å². The minimum atomic E-state index is -0.833. The van der Waals surface area contributed by atoms with Crippen molar-refractivity contribution in [2.24, 2.45) is 7.05 Å². The third-order valence-electron chi connectivity index (χ3n) is 2.72. The largest absolute Gasteiger partial charge is 0.493 e. The van der Waals surface area contributed by atoms with E-state index in [1.807, 2.05) is 0 Å². The molecule has 7 heteroatoms. The fourth-order valence-electron chi connectivity index (χ4n) is 1.82. The highest BCUT2D eigenvalue weighted by Crippen LogP contribution is 2.41. The van der Waals surface area contributed by atoms with E-state index >= 15 is 0 Å². The van der Waals surface area contributed by atoms with E-state index < -0.39 is 11.6 Å². The van der Waals surface area contributed by atoms with Crippen LogP contribution in [0.3, 0.4) is 0 Å². The summed E-state index contributed by atoms with van der Waals surface area (Å²) in [5.41, 5.74) is 6.03. The van der Waals surface area contributed by atoms with Gasteiger partial charge in [-0.25, -0.2) is 8.78 Å². The predicted molar refractivity (Wildman–Crippen MR) is 66.1 cm³/mol. The molecular formula is C12H13F2N3O2. The summed E-state index contributed by atoms with van der Waals surface area (Å²) in [6, 6.07) is 2.19. The van der Waals surface area contributed by atoms with Gasteiger partial charge in [0.2, 0.25) is 0 Å². The van der Waals surface area contributed by atoms with Crippen molar-refractivity contribution in [3.05, 3.63) is 23.8 Å². The van der Waals surface area contributed by atoms with Gasteiger partial charge in [-0.05, 0) is 0 Å². The summed E-state index contributed by atoms with van der Waals surface area (Å²) in [5, 5.41) is 4.08. The molecule has 5 nitrogen and oxygen atoms in total. The van der Waals surface area contributed by atoms with Crippen molar-refractivity contribution in [1.29, 1.82) is 0 Å². The zero-order chi connectivity index (χ0) is 14.2. The van der Waals surface area contributed by atoms with Crippen LogP contribution in [0.15, 0.2) is 12.1 Å². The van der Waals surface area contributed by atoms with Crippen LogP contribution in [0.2, 0.25) is 0 Å². The summed E-state index contributed by atoms with van der Waals surface area (Å²) >= 11 is 0. The van der Waals surface area contributed by atoms with Crippen LogP contribution in [-0.4, -0.2) is 24.0 Å². The molecular weight excluding hydrogens is 256 g/mol. The molecule has 0 spiro atoms. The number of benzene rings is 1. The summed E-state index contributed by atoms with van der Waals surface area (Å²) in [5.74, 6) is -1.60. The van der Waals surface area contributed by atoms with E-state index in [4.69, 9.17) is 15.2 Å². The average molecular weight is 269 g/mol. The highest BCUT2D eigenvalue weighted by molar-refractivity contribution is 5.76. The van der Waals surface area contributed by atoms with Gasteiger partial charge >= 0.3 is 0 Å². The lowest BCUT2D eigenvalue weighted by atomic mass is 10.1. The Labute approximate surface area is 108 Å². The molecule has 0 radical (unpaired) electrons. The number of aryl methyl sites for hydroxylation is 1. The number of nitrogens with two attached hydrogens (primary N) is 1. The second-order valence-corrected chi connectivity index (χ2v) is 3.86. The number of nitrogen functional groups attached to an aromatic ring is 1. The van der Waals surface area contributed by atoms with E-state index in [2.05, 4.69) is 5.10 Å². The predicted octanol–water partition coefficient (Wildman–Crippen LogP) is 1.96. The Bertz CT molecular complexity index is 578. The molecule has 0 aliphatic rings. The number of rotatable bonds is 3. The number of hydrogen-bond acceptors (Lipinski definition) is 4. The summed E-state index contributed by atoms with van der Waals surface area (Å²) < 4.78 is 38.8. The molecule has 2 aromatic rings. The molecule has 0 saturated carbocycles. The Balaban J connectivity index is 2.78. The third kappa shape index (κ3) is 2.07. The molecule has 0 atom stereocenters. The Morgan fingerprint density at radius 1 is 1.11 bits per heavy atom. The molecule has 1 heterocycles. The van der Waals surface area contributed by atoms with Crippen LogP contribution >= 0.6 is 0 Å². The lowest BCUT2D eigenvalue weighted by Gasteiger charge is -2.13. The van der Waals surface area contributed by atoms with Crippen molar-refractivity contribution in [2.45, 2.75) is 0 Å². The van der Waals surface area contributed by atoms with Gasteiger partial charge in [-0.2, -0.15) is 5.10 Å². The van der Waals surface area contributed by atoms with E-state index in [0.29, 0.717) is 11.9 Å². The van der Waals surface area contributed by atoms with Gasteiger partial charge in [-0.3, -0.25) is 4.68 Å². The average Bonchev–Trinajstić information content (AvgIpc) is 2.68. The van der Waals surface area contributed by atoms with E-state index in [0.717, 1.165) is 0 Å². The van der Waals surface area contributed by atoms with Gasteiger partial charge in [0.25, 0.3) is 0 Å². The van der Waals surface area contributed by atoms with Crippen LogP contribution in [0.1, 0.15) is 0 Å². The highest BCUT2D eigenvalue weighted by atomic mass is 19.1. The SMILES string of the molecule is COc1c(F)cc(F)c(OC)c1-c1cc(N)n(C)n1.